The highest BCUT2D eigenvalue weighted by Gasteiger charge is 2.43. The summed E-state index contributed by atoms with van der Waals surface area (Å²) in [4.78, 5) is 35.5. The SMILES string of the molecule is CCOC(=O)[C@@H]1C[C@@H](C)C(=O)N1NC(=O)OC(C)(C)C. The standard InChI is InChI=1S/C13H22N2O5/c1-6-19-11(17)9-7-8(2)10(16)15(9)14-12(18)20-13(3,4)5/h8-9H,6-7H2,1-5H3,(H,14,18)/t8-,9+/m1/s1. The fourth-order valence-electron chi connectivity index (χ4n) is 1.90. The number of esters is 1. The Morgan fingerprint density at radius 2 is 2.00 bits per heavy atom. The Kier molecular flexibility index (Phi) is 4.97. The van der Waals surface area contributed by atoms with Gasteiger partial charge in [-0.2, -0.15) is 0 Å². The summed E-state index contributed by atoms with van der Waals surface area (Å²) in [5.41, 5.74) is 1.64. The molecule has 1 fully saturated rings. The summed E-state index contributed by atoms with van der Waals surface area (Å²) in [6.07, 6.45) is -0.456. The number of hydrogen-bond donors (Lipinski definition) is 1. The fraction of sp³-hybridized carbons (Fsp3) is 0.769. The lowest BCUT2D eigenvalue weighted by molar-refractivity contribution is -0.153. The highest BCUT2D eigenvalue weighted by molar-refractivity contribution is 5.90. The van der Waals surface area contributed by atoms with E-state index in [1.54, 1.807) is 34.6 Å². The van der Waals surface area contributed by atoms with Crippen LogP contribution in [0.2, 0.25) is 0 Å². The second-order valence-electron chi connectivity index (χ2n) is 5.73. The van der Waals surface area contributed by atoms with Crippen molar-refractivity contribution < 1.29 is 23.9 Å². The van der Waals surface area contributed by atoms with E-state index < -0.39 is 23.7 Å². The third-order valence-corrected chi connectivity index (χ3v) is 2.72. The normalized spacial score (nSPS) is 22.6. The maximum Gasteiger partial charge on any atom is 0.426 e. The molecule has 7 nitrogen and oxygen atoms in total. The number of carbonyl (C=O) groups excluding carboxylic acids is 3. The van der Waals surface area contributed by atoms with Gasteiger partial charge >= 0.3 is 12.1 Å². The lowest BCUT2D eigenvalue weighted by Crippen LogP contribution is -2.52. The molecule has 7 heteroatoms. The van der Waals surface area contributed by atoms with Crippen LogP contribution in [0, 0.1) is 5.92 Å². The number of carbonyl (C=O) groups is 3. The zero-order valence-corrected chi connectivity index (χ0v) is 12.6. The largest absolute Gasteiger partial charge is 0.464 e. The van der Waals surface area contributed by atoms with Crippen molar-refractivity contribution in [1.29, 1.82) is 0 Å². The molecule has 0 saturated carbocycles. The molecule has 0 spiro atoms. The second-order valence-corrected chi connectivity index (χ2v) is 5.73. The zero-order valence-electron chi connectivity index (χ0n) is 12.6. The minimum absolute atomic E-state index is 0.220. The number of nitrogens with zero attached hydrogens (tertiary/aromatic N) is 1. The number of amides is 2. The van der Waals surface area contributed by atoms with Gasteiger partial charge in [-0.05, 0) is 34.1 Å². The molecule has 2 atom stereocenters. The van der Waals surface area contributed by atoms with Gasteiger partial charge in [0.2, 0.25) is 5.91 Å². The molecule has 1 rings (SSSR count). The van der Waals surface area contributed by atoms with Crippen LogP contribution in [0.4, 0.5) is 4.79 Å². The molecule has 1 N–H and O–H groups in total. The second kappa shape index (κ2) is 6.11. The Hall–Kier alpha value is -1.79. The first-order chi connectivity index (χ1) is 9.15. The molecule has 0 radical (unpaired) electrons. The summed E-state index contributed by atoms with van der Waals surface area (Å²) >= 11 is 0. The van der Waals surface area contributed by atoms with E-state index in [0.717, 1.165) is 5.01 Å². The van der Waals surface area contributed by atoms with Gasteiger partial charge in [-0.25, -0.2) is 20.0 Å². The maximum absolute atomic E-state index is 12.0. The Bertz CT molecular complexity index is 402. The molecule has 0 aliphatic carbocycles. The van der Waals surface area contributed by atoms with Gasteiger partial charge in [0.15, 0.2) is 6.04 Å². The molecule has 114 valence electrons. The van der Waals surface area contributed by atoms with E-state index >= 15 is 0 Å². The van der Waals surface area contributed by atoms with Crippen LogP contribution >= 0.6 is 0 Å². The van der Waals surface area contributed by atoms with E-state index in [0.29, 0.717) is 6.42 Å². The quantitative estimate of drug-likeness (QED) is 0.789. The van der Waals surface area contributed by atoms with Crippen molar-refractivity contribution in [3.05, 3.63) is 0 Å². The Labute approximate surface area is 118 Å². The van der Waals surface area contributed by atoms with E-state index in [2.05, 4.69) is 5.43 Å². The van der Waals surface area contributed by atoms with Crippen molar-refractivity contribution >= 4 is 18.0 Å². The van der Waals surface area contributed by atoms with Gasteiger partial charge in [0.05, 0.1) is 6.61 Å². The monoisotopic (exact) mass is 286 g/mol. The first kappa shape index (κ1) is 16.3. The molecule has 0 unspecified atom stereocenters. The molecular formula is C13H22N2O5. The van der Waals surface area contributed by atoms with Crippen LogP contribution < -0.4 is 5.43 Å². The first-order valence-corrected chi connectivity index (χ1v) is 6.65. The van der Waals surface area contributed by atoms with Crippen molar-refractivity contribution in [2.24, 2.45) is 5.92 Å². The van der Waals surface area contributed by atoms with Crippen LogP contribution in [0.1, 0.15) is 41.0 Å². The molecular weight excluding hydrogens is 264 g/mol. The topological polar surface area (TPSA) is 84.9 Å². The average Bonchev–Trinajstić information content (AvgIpc) is 2.55. The average molecular weight is 286 g/mol. The van der Waals surface area contributed by atoms with Crippen molar-refractivity contribution in [1.82, 2.24) is 10.4 Å². The minimum Gasteiger partial charge on any atom is -0.464 e. The van der Waals surface area contributed by atoms with Crippen LogP contribution in [-0.2, 0) is 19.1 Å². The van der Waals surface area contributed by atoms with Crippen molar-refractivity contribution in [2.45, 2.75) is 52.7 Å². The van der Waals surface area contributed by atoms with Crippen molar-refractivity contribution in [3.63, 3.8) is 0 Å². The summed E-state index contributed by atoms with van der Waals surface area (Å²) in [6, 6.07) is -0.801. The van der Waals surface area contributed by atoms with Gasteiger partial charge in [0.1, 0.15) is 5.60 Å². The Balaban J connectivity index is 2.75. The Morgan fingerprint density at radius 3 is 2.50 bits per heavy atom. The molecule has 0 aromatic carbocycles. The van der Waals surface area contributed by atoms with Gasteiger partial charge < -0.3 is 9.47 Å². The molecule has 1 aliphatic heterocycles. The minimum atomic E-state index is -0.801. The van der Waals surface area contributed by atoms with Gasteiger partial charge in [0, 0.05) is 5.92 Å². The third kappa shape index (κ3) is 4.11. The van der Waals surface area contributed by atoms with Gasteiger partial charge in [-0.3, -0.25) is 4.79 Å². The summed E-state index contributed by atoms with van der Waals surface area (Å²) in [5.74, 6) is -1.20. The molecule has 2 amide bonds. The molecule has 0 bridgehead atoms. The summed E-state index contributed by atoms with van der Waals surface area (Å²) in [5, 5.41) is 1.01. The fourth-order valence-corrected chi connectivity index (χ4v) is 1.90. The molecule has 1 heterocycles. The number of rotatable bonds is 3. The van der Waals surface area contributed by atoms with E-state index in [9.17, 15) is 14.4 Å². The zero-order chi connectivity index (χ0) is 15.5. The predicted octanol–water partition coefficient (Wildman–Crippen LogP) is 1.23. The van der Waals surface area contributed by atoms with Crippen LogP contribution in [0.3, 0.4) is 0 Å². The first-order valence-electron chi connectivity index (χ1n) is 6.65. The lowest BCUT2D eigenvalue weighted by atomic mass is 10.1. The molecule has 1 aliphatic rings. The number of ether oxygens (including phenoxy) is 2. The van der Waals surface area contributed by atoms with Gasteiger partial charge in [-0.1, -0.05) is 6.92 Å². The maximum atomic E-state index is 12.0. The smallest absolute Gasteiger partial charge is 0.426 e. The van der Waals surface area contributed by atoms with Crippen LogP contribution in [0.25, 0.3) is 0 Å². The van der Waals surface area contributed by atoms with Crippen LogP contribution in [0.15, 0.2) is 0 Å². The van der Waals surface area contributed by atoms with Gasteiger partial charge in [-0.15, -0.1) is 0 Å². The summed E-state index contributed by atoms with van der Waals surface area (Å²) in [7, 11) is 0. The summed E-state index contributed by atoms with van der Waals surface area (Å²) in [6.45, 7) is 8.74. The highest BCUT2D eigenvalue weighted by Crippen LogP contribution is 2.23. The highest BCUT2D eigenvalue weighted by atomic mass is 16.6. The van der Waals surface area contributed by atoms with E-state index in [1.807, 2.05) is 0 Å². The third-order valence-electron chi connectivity index (χ3n) is 2.72. The van der Waals surface area contributed by atoms with Crippen LogP contribution in [0.5, 0.6) is 0 Å². The summed E-state index contributed by atoms with van der Waals surface area (Å²) < 4.78 is 9.99. The molecule has 1 saturated heterocycles. The van der Waals surface area contributed by atoms with E-state index in [-0.39, 0.29) is 18.4 Å². The number of hydrazine groups is 1. The molecule has 20 heavy (non-hydrogen) atoms. The molecule has 0 aromatic heterocycles. The van der Waals surface area contributed by atoms with Crippen molar-refractivity contribution in [3.8, 4) is 0 Å². The van der Waals surface area contributed by atoms with Gasteiger partial charge in [0.25, 0.3) is 0 Å². The van der Waals surface area contributed by atoms with Crippen LogP contribution in [-0.4, -0.2) is 41.2 Å². The molecule has 0 aromatic rings. The van der Waals surface area contributed by atoms with Crippen molar-refractivity contribution in [2.75, 3.05) is 6.61 Å². The Morgan fingerprint density at radius 1 is 1.40 bits per heavy atom. The van der Waals surface area contributed by atoms with E-state index in [4.69, 9.17) is 9.47 Å². The lowest BCUT2D eigenvalue weighted by Gasteiger charge is -2.26. The van der Waals surface area contributed by atoms with E-state index in [1.165, 1.54) is 0 Å². The predicted molar refractivity (Wildman–Crippen MR) is 70.4 cm³/mol. The number of nitrogens with one attached hydrogen (secondary N) is 1. The number of hydrogen-bond acceptors (Lipinski definition) is 5.